The minimum atomic E-state index is -1.27. The summed E-state index contributed by atoms with van der Waals surface area (Å²) in [6, 6.07) is 1.81. The first-order chi connectivity index (χ1) is 5.57. The van der Waals surface area contributed by atoms with Crippen LogP contribution in [0.25, 0.3) is 0 Å². The molecule has 0 bridgehead atoms. The molecule has 0 saturated carbocycles. The summed E-state index contributed by atoms with van der Waals surface area (Å²) in [6.07, 6.45) is 0. The lowest BCUT2D eigenvalue weighted by molar-refractivity contribution is 0.488. The van der Waals surface area contributed by atoms with E-state index < -0.39 is 23.0 Å². The molecule has 0 N–H and O–H groups in total. The molecule has 0 spiro atoms. The second-order valence-electron chi connectivity index (χ2n) is 2.27. The zero-order valence-electron chi connectivity index (χ0n) is 6.16. The Bertz CT molecular complexity index is 366. The van der Waals surface area contributed by atoms with Crippen molar-refractivity contribution >= 4 is 0 Å². The molecule has 0 atom stereocenters. The van der Waals surface area contributed by atoms with Crippen molar-refractivity contribution in [2.75, 3.05) is 0 Å². The molecule has 12 heavy (non-hydrogen) atoms. The molecular weight excluding hydrogens is 167 g/mol. The Morgan fingerprint density at radius 1 is 1.25 bits per heavy atom. The number of hydrogen-bond acceptors (Lipinski definition) is 1. The molecule has 0 radical (unpaired) electrons. The maximum absolute atomic E-state index is 12.7. The van der Waals surface area contributed by atoms with Crippen molar-refractivity contribution in [3.63, 3.8) is 0 Å². The van der Waals surface area contributed by atoms with Crippen LogP contribution in [0, 0.1) is 35.7 Å². The summed E-state index contributed by atoms with van der Waals surface area (Å²) in [7, 11) is 0. The summed E-state index contributed by atoms with van der Waals surface area (Å²) >= 11 is 0. The third-order valence-corrected chi connectivity index (χ3v) is 1.52. The summed E-state index contributed by atoms with van der Waals surface area (Å²) in [5, 5.41) is 8.34. The zero-order valence-corrected chi connectivity index (χ0v) is 6.16. The van der Waals surface area contributed by atoms with E-state index in [9.17, 15) is 13.2 Å². The summed E-state index contributed by atoms with van der Waals surface area (Å²) in [6.45, 7) is 1.15. The Balaban J connectivity index is 3.54. The number of nitriles is 1. The van der Waals surface area contributed by atoms with Crippen molar-refractivity contribution in [3.8, 4) is 6.07 Å². The first-order valence-corrected chi connectivity index (χ1v) is 3.12. The van der Waals surface area contributed by atoms with E-state index in [2.05, 4.69) is 0 Å². The van der Waals surface area contributed by atoms with Crippen LogP contribution in [0.1, 0.15) is 11.1 Å². The molecule has 0 aromatic heterocycles. The van der Waals surface area contributed by atoms with Crippen molar-refractivity contribution < 1.29 is 13.2 Å². The largest absolute Gasteiger partial charge is 0.205 e. The molecule has 0 aliphatic rings. The summed E-state index contributed by atoms with van der Waals surface area (Å²) in [5.41, 5.74) is -0.746. The highest BCUT2D eigenvalue weighted by atomic mass is 19.2. The zero-order chi connectivity index (χ0) is 9.30. The van der Waals surface area contributed by atoms with Gasteiger partial charge < -0.3 is 0 Å². The molecule has 0 fully saturated rings. The van der Waals surface area contributed by atoms with Gasteiger partial charge in [-0.15, -0.1) is 0 Å². The first kappa shape index (κ1) is 8.60. The number of benzene rings is 1. The smallest absolute Gasteiger partial charge is 0.163 e. The normalized spacial score (nSPS) is 9.58. The van der Waals surface area contributed by atoms with Gasteiger partial charge in [-0.1, -0.05) is 0 Å². The molecule has 0 aliphatic carbocycles. The highest BCUT2D eigenvalue weighted by Gasteiger charge is 2.14. The van der Waals surface area contributed by atoms with E-state index in [-0.39, 0.29) is 5.56 Å². The van der Waals surface area contributed by atoms with Crippen LogP contribution < -0.4 is 0 Å². The van der Waals surface area contributed by atoms with E-state index in [4.69, 9.17) is 5.26 Å². The lowest BCUT2D eigenvalue weighted by Gasteiger charge is -2.00. The molecule has 1 aromatic rings. The van der Waals surface area contributed by atoms with Gasteiger partial charge in [0.05, 0.1) is 5.56 Å². The lowest BCUT2D eigenvalue weighted by Crippen LogP contribution is -1.97. The highest BCUT2D eigenvalue weighted by molar-refractivity contribution is 5.39. The van der Waals surface area contributed by atoms with Crippen LogP contribution in [-0.4, -0.2) is 0 Å². The minimum Gasteiger partial charge on any atom is -0.205 e. The minimum absolute atomic E-state index is 0.296. The van der Waals surface area contributed by atoms with Gasteiger partial charge >= 0.3 is 0 Å². The highest BCUT2D eigenvalue weighted by Crippen LogP contribution is 2.18. The molecule has 62 valence electrons. The molecule has 4 heteroatoms. The Labute approximate surface area is 67.1 Å². The van der Waals surface area contributed by atoms with Crippen LogP contribution in [-0.2, 0) is 0 Å². The van der Waals surface area contributed by atoms with Crippen LogP contribution in [0.3, 0.4) is 0 Å². The Hall–Kier alpha value is -1.50. The second-order valence-corrected chi connectivity index (χ2v) is 2.27. The van der Waals surface area contributed by atoms with E-state index in [1.54, 1.807) is 0 Å². The predicted molar refractivity (Wildman–Crippen MR) is 35.8 cm³/mol. The molecule has 1 nitrogen and oxygen atoms in total. The van der Waals surface area contributed by atoms with Gasteiger partial charge in [0.25, 0.3) is 0 Å². The molecule has 1 rings (SSSR count). The first-order valence-electron chi connectivity index (χ1n) is 3.12. The van der Waals surface area contributed by atoms with Crippen molar-refractivity contribution in [1.82, 2.24) is 0 Å². The summed E-state index contributed by atoms with van der Waals surface area (Å²) in [4.78, 5) is 0. The van der Waals surface area contributed by atoms with Gasteiger partial charge in [-0.2, -0.15) is 5.26 Å². The summed E-state index contributed by atoms with van der Waals surface area (Å²) < 4.78 is 37.8. The fourth-order valence-corrected chi connectivity index (χ4v) is 0.852. The van der Waals surface area contributed by atoms with E-state index in [0.29, 0.717) is 6.07 Å². The number of hydrogen-bond donors (Lipinski definition) is 0. The van der Waals surface area contributed by atoms with Gasteiger partial charge in [0.15, 0.2) is 11.6 Å². The lowest BCUT2D eigenvalue weighted by atomic mass is 10.1. The van der Waals surface area contributed by atoms with Gasteiger partial charge in [0, 0.05) is 11.6 Å². The molecule has 1 aromatic carbocycles. The van der Waals surface area contributed by atoms with E-state index >= 15 is 0 Å². The molecule has 0 saturated heterocycles. The molecule has 0 heterocycles. The van der Waals surface area contributed by atoms with Crippen LogP contribution in [0.2, 0.25) is 0 Å². The van der Waals surface area contributed by atoms with Gasteiger partial charge in [0.1, 0.15) is 11.9 Å². The van der Waals surface area contributed by atoms with Crippen molar-refractivity contribution in [2.24, 2.45) is 0 Å². The predicted octanol–water partition coefficient (Wildman–Crippen LogP) is 2.28. The molecule has 0 amide bonds. The number of halogens is 3. The van der Waals surface area contributed by atoms with E-state index in [1.165, 1.54) is 6.07 Å². The number of nitrogens with zero attached hydrogens (tertiary/aromatic N) is 1. The maximum atomic E-state index is 12.7. The van der Waals surface area contributed by atoms with Crippen molar-refractivity contribution in [3.05, 3.63) is 34.6 Å². The molecule has 0 aliphatic heterocycles. The monoisotopic (exact) mass is 171 g/mol. The third-order valence-electron chi connectivity index (χ3n) is 1.52. The van der Waals surface area contributed by atoms with Gasteiger partial charge in [-0.05, 0) is 6.92 Å². The van der Waals surface area contributed by atoms with Crippen LogP contribution in [0.15, 0.2) is 6.07 Å². The van der Waals surface area contributed by atoms with Crippen molar-refractivity contribution in [1.29, 1.82) is 5.26 Å². The van der Waals surface area contributed by atoms with E-state index in [1.807, 2.05) is 0 Å². The topological polar surface area (TPSA) is 23.8 Å². The van der Waals surface area contributed by atoms with Gasteiger partial charge in [-0.3, -0.25) is 0 Å². The average molecular weight is 171 g/mol. The third kappa shape index (κ3) is 1.14. The Kier molecular flexibility index (Phi) is 2.05. The van der Waals surface area contributed by atoms with Gasteiger partial charge in [-0.25, -0.2) is 13.2 Å². The fraction of sp³-hybridized carbons (Fsp3) is 0.125. The van der Waals surface area contributed by atoms with Gasteiger partial charge in [0.2, 0.25) is 0 Å². The second kappa shape index (κ2) is 2.86. The fourth-order valence-electron chi connectivity index (χ4n) is 0.852. The number of rotatable bonds is 0. The Morgan fingerprint density at radius 3 is 2.33 bits per heavy atom. The van der Waals surface area contributed by atoms with Crippen LogP contribution in [0.4, 0.5) is 13.2 Å². The molecular formula is C8H4F3N. The Morgan fingerprint density at radius 2 is 1.83 bits per heavy atom. The molecule has 0 unspecified atom stereocenters. The van der Waals surface area contributed by atoms with E-state index in [0.717, 1.165) is 6.92 Å². The van der Waals surface area contributed by atoms with Crippen LogP contribution >= 0.6 is 0 Å². The SMILES string of the molecule is Cc1c(F)c(F)cc(F)c1C#N. The average Bonchev–Trinajstić information content (AvgIpc) is 2.01. The van der Waals surface area contributed by atoms with Crippen LogP contribution in [0.5, 0.6) is 0 Å². The standard InChI is InChI=1S/C8H4F3N/c1-4-5(3-12)6(9)2-7(10)8(4)11/h2H,1H3. The van der Waals surface area contributed by atoms with Crippen molar-refractivity contribution in [2.45, 2.75) is 6.92 Å². The summed E-state index contributed by atoms with van der Waals surface area (Å²) in [5.74, 6) is -3.48. The maximum Gasteiger partial charge on any atom is 0.163 e. The quantitative estimate of drug-likeness (QED) is 0.549.